The number of aliphatic hydroxyl groups is 1. The Labute approximate surface area is 96.9 Å². The van der Waals surface area contributed by atoms with Gasteiger partial charge in [0.05, 0.1) is 6.10 Å². The van der Waals surface area contributed by atoms with E-state index in [2.05, 4.69) is 15.2 Å². The van der Waals surface area contributed by atoms with Crippen LogP contribution in [0.5, 0.6) is 0 Å². The van der Waals surface area contributed by atoms with E-state index in [4.69, 9.17) is 4.42 Å². The lowest BCUT2D eigenvalue weighted by Gasteiger charge is -2.07. The Balaban J connectivity index is 2.27. The van der Waals surface area contributed by atoms with E-state index in [1.165, 1.54) is 11.8 Å². The van der Waals surface area contributed by atoms with Crippen molar-refractivity contribution in [3.63, 3.8) is 0 Å². The summed E-state index contributed by atoms with van der Waals surface area (Å²) in [6.45, 7) is 3.42. The molecular weight excluding hydrogens is 226 g/mol. The summed E-state index contributed by atoms with van der Waals surface area (Å²) in [4.78, 5) is 4.18. The highest BCUT2D eigenvalue weighted by Crippen LogP contribution is 2.30. The second-order valence-corrected chi connectivity index (χ2v) is 4.20. The Morgan fingerprint density at radius 2 is 2.25 bits per heavy atom. The van der Waals surface area contributed by atoms with Gasteiger partial charge in [-0.15, -0.1) is 10.2 Å². The minimum Gasteiger partial charge on any atom is -0.416 e. The zero-order chi connectivity index (χ0) is 11.5. The fourth-order valence-corrected chi connectivity index (χ4v) is 2.09. The lowest BCUT2D eigenvalue weighted by Crippen LogP contribution is -1.95. The molecule has 0 aromatic carbocycles. The van der Waals surface area contributed by atoms with Crippen molar-refractivity contribution in [1.29, 1.82) is 0 Å². The monoisotopic (exact) mass is 237 g/mol. The van der Waals surface area contributed by atoms with Gasteiger partial charge in [0.2, 0.25) is 5.89 Å². The van der Waals surface area contributed by atoms with E-state index in [1.807, 2.05) is 6.07 Å². The van der Waals surface area contributed by atoms with Crippen LogP contribution < -0.4 is 0 Å². The van der Waals surface area contributed by atoms with Crippen LogP contribution in [-0.4, -0.2) is 20.3 Å². The summed E-state index contributed by atoms with van der Waals surface area (Å²) < 4.78 is 5.24. The Kier molecular flexibility index (Phi) is 3.21. The molecule has 0 fully saturated rings. The molecular formula is C10H11N3O2S. The van der Waals surface area contributed by atoms with E-state index in [-0.39, 0.29) is 0 Å². The van der Waals surface area contributed by atoms with Gasteiger partial charge in [0.1, 0.15) is 5.03 Å². The van der Waals surface area contributed by atoms with Crippen molar-refractivity contribution in [3.05, 3.63) is 29.8 Å². The fraction of sp³-hybridized carbons (Fsp3) is 0.300. The summed E-state index contributed by atoms with van der Waals surface area (Å²) in [5, 5.41) is 18.3. The van der Waals surface area contributed by atoms with Crippen molar-refractivity contribution in [3.8, 4) is 0 Å². The number of nitrogens with zero attached hydrogens (tertiary/aromatic N) is 3. The predicted octanol–water partition coefficient (Wildman–Crippen LogP) is 1.98. The number of aromatic nitrogens is 3. The van der Waals surface area contributed by atoms with Gasteiger partial charge in [0.15, 0.2) is 0 Å². The molecule has 84 valence electrons. The number of aryl methyl sites for hydroxylation is 1. The van der Waals surface area contributed by atoms with Gasteiger partial charge in [-0.1, -0.05) is 6.07 Å². The average Bonchev–Trinajstić information content (AvgIpc) is 2.64. The maximum atomic E-state index is 9.57. The largest absolute Gasteiger partial charge is 0.416 e. The Morgan fingerprint density at radius 3 is 2.88 bits per heavy atom. The zero-order valence-corrected chi connectivity index (χ0v) is 9.73. The van der Waals surface area contributed by atoms with E-state index in [0.29, 0.717) is 16.1 Å². The van der Waals surface area contributed by atoms with Gasteiger partial charge >= 0.3 is 0 Å². The van der Waals surface area contributed by atoms with Crippen LogP contribution in [0.3, 0.4) is 0 Å². The highest BCUT2D eigenvalue weighted by molar-refractivity contribution is 7.99. The zero-order valence-electron chi connectivity index (χ0n) is 8.91. The molecule has 0 spiro atoms. The standard InChI is InChI=1S/C10H11N3O2S/c1-6(14)8-4-3-5-11-9(8)16-10-13-12-7(2)15-10/h3-6,14H,1-2H3. The van der Waals surface area contributed by atoms with E-state index in [0.717, 1.165) is 5.56 Å². The first-order chi connectivity index (χ1) is 7.66. The number of aliphatic hydroxyl groups excluding tert-OH is 1. The minimum absolute atomic E-state index is 0.429. The molecule has 1 unspecified atom stereocenters. The topological polar surface area (TPSA) is 72.0 Å². The number of pyridine rings is 1. The van der Waals surface area contributed by atoms with Gasteiger partial charge in [-0.05, 0) is 24.8 Å². The molecule has 2 heterocycles. The molecule has 2 aromatic rings. The van der Waals surface area contributed by atoms with Crippen LogP contribution in [0.2, 0.25) is 0 Å². The molecule has 1 N–H and O–H groups in total. The fourth-order valence-electron chi connectivity index (χ4n) is 1.21. The third-order valence-corrected chi connectivity index (χ3v) is 2.82. The smallest absolute Gasteiger partial charge is 0.282 e. The van der Waals surface area contributed by atoms with Crippen LogP contribution in [0.4, 0.5) is 0 Å². The molecule has 0 aliphatic carbocycles. The quantitative estimate of drug-likeness (QED) is 0.880. The molecule has 2 rings (SSSR count). The van der Waals surface area contributed by atoms with Crippen molar-refractivity contribution < 1.29 is 9.52 Å². The number of rotatable bonds is 3. The van der Waals surface area contributed by atoms with Crippen LogP contribution in [-0.2, 0) is 0 Å². The molecule has 1 atom stereocenters. The summed E-state index contributed by atoms with van der Waals surface area (Å²) in [7, 11) is 0. The lowest BCUT2D eigenvalue weighted by molar-refractivity contribution is 0.195. The second kappa shape index (κ2) is 4.63. The minimum atomic E-state index is -0.569. The van der Waals surface area contributed by atoms with Crippen molar-refractivity contribution >= 4 is 11.8 Å². The SMILES string of the molecule is Cc1nnc(Sc2ncccc2C(C)O)o1. The summed E-state index contributed by atoms with van der Waals surface area (Å²) >= 11 is 1.25. The molecule has 0 amide bonds. The molecule has 0 saturated heterocycles. The first kappa shape index (κ1) is 11.1. The van der Waals surface area contributed by atoms with Crippen molar-refractivity contribution in [1.82, 2.24) is 15.2 Å². The maximum Gasteiger partial charge on any atom is 0.282 e. The van der Waals surface area contributed by atoms with Gasteiger partial charge < -0.3 is 9.52 Å². The molecule has 0 bridgehead atoms. The van der Waals surface area contributed by atoms with Crippen LogP contribution in [0.1, 0.15) is 24.5 Å². The Morgan fingerprint density at radius 1 is 1.44 bits per heavy atom. The van der Waals surface area contributed by atoms with Gasteiger partial charge in [-0.25, -0.2) is 4.98 Å². The summed E-state index contributed by atoms with van der Waals surface area (Å²) in [6.07, 6.45) is 1.09. The first-order valence-electron chi connectivity index (χ1n) is 4.78. The molecule has 0 aliphatic rings. The van der Waals surface area contributed by atoms with E-state index >= 15 is 0 Å². The first-order valence-corrected chi connectivity index (χ1v) is 5.59. The van der Waals surface area contributed by atoms with Crippen molar-refractivity contribution in [2.45, 2.75) is 30.2 Å². The second-order valence-electron chi connectivity index (χ2n) is 3.26. The van der Waals surface area contributed by atoms with Gasteiger partial charge in [0.25, 0.3) is 5.22 Å². The normalized spacial score (nSPS) is 12.7. The van der Waals surface area contributed by atoms with Crippen molar-refractivity contribution in [2.24, 2.45) is 0 Å². The van der Waals surface area contributed by atoms with Crippen LogP contribution >= 0.6 is 11.8 Å². The van der Waals surface area contributed by atoms with Gasteiger partial charge in [-0.3, -0.25) is 0 Å². The third-order valence-electron chi connectivity index (χ3n) is 1.94. The van der Waals surface area contributed by atoms with E-state index < -0.39 is 6.10 Å². The molecule has 2 aromatic heterocycles. The van der Waals surface area contributed by atoms with Gasteiger partial charge in [-0.2, -0.15) is 0 Å². The third kappa shape index (κ3) is 2.40. The number of hydrogen-bond donors (Lipinski definition) is 1. The van der Waals surface area contributed by atoms with Crippen molar-refractivity contribution in [2.75, 3.05) is 0 Å². The maximum absolute atomic E-state index is 9.57. The molecule has 0 aliphatic heterocycles. The van der Waals surface area contributed by atoms with E-state index in [9.17, 15) is 5.11 Å². The molecule has 6 heteroatoms. The summed E-state index contributed by atoms with van der Waals surface area (Å²) in [6, 6.07) is 3.61. The molecule has 16 heavy (non-hydrogen) atoms. The summed E-state index contributed by atoms with van der Waals surface area (Å²) in [5.41, 5.74) is 0.753. The highest BCUT2D eigenvalue weighted by atomic mass is 32.2. The molecule has 0 saturated carbocycles. The molecule has 5 nitrogen and oxygen atoms in total. The predicted molar refractivity (Wildman–Crippen MR) is 58.0 cm³/mol. The lowest BCUT2D eigenvalue weighted by atomic mass is 10.2. The van der Waals surface area contributed by atoms with Crippen LogP contribution in [0, 0.1) is 6.92 Å². The molecule has 0 radical (unpaired) electrons. The van der Waals surface area contributed by atoms with Crippen LogP contribution in [0.15, 0.2) is 33.0 Å². The van der Waals surface area contributed by atoms with Gasteiger partial charge in [0, 0.05) is 18.7 Å². The average molecular weight is 237 g/mol. The van der Waals surface area contributed by atoms with E-state index in [1.54, 1.807) is 26.1 Å². The van der Waals surface area contributed by atoms with Crippen LogP contribution in [0.25, 0.3) is 0 Å². The Bertz CT molecular complexity index is 484. The Hall–Kier alpha value is -1.40. The highest BCUT2D eigenvalue weighted by Gasteiger charge is 2.13. The number of hydrogen-bond acceptors (Lipinski definition) is 6. The summed E-state index contributed by atoms with van der Waals surface area (Å²) in [5.74, 6) is 0.511.